The number of hydrogen-bond acceptors (Lipinski definition) is 1. The van der Waals surface area contributed by atoms with Crippen LogP contribution in [-0.4, -0.2) is 5.71 Å². The van der Waals surface area contributed by atoms with Gasteiger partial charge in [0.15, 0.2) is 0 Å². The highest BCUT2D eigenvalue weighted by Crippen LogP contribution is 2.34. The van der Waals surface area contributed by atoms with E-state index in [1.807, 2.05) is 0 Å². The zero-order chi connectivity index (χ0) is 13.3. The normalized spacial score (nSPS) is 29.5. The van der Waals surface area contributed by atoms with Gasteiger partial charge < -0.3 is 5.41 Å². The van der Waals surface area contributed by atoms with E-state index in [-0.39, 0.29) is 0 Å². The van der Waals surface area contributed by atoms with Crippen molar-refractivity contribution in [1.82, 2.24) is 0 Å². The molecule has 110 valence electrons. The third-order valence-corrected chi connectivity index (χ3v) is 5.38. The van der Waals surface area contributed by atoms with Gasteiger partial charge in [-0.3, -0.25) is 0 Å². The molecule has 19 heavy (non-hydrogen) atoms. The fourth-order valence-electron chi connectivity index (χ4n) is 4.16. The Morgan fingerprint density at radius 1 is 0.579 bits per heavy atom. The third kappa shape index (κ3) is 5.67. The fraction of sp³-hybridized carbons (Fsp3) is 0.944. The van der Waals surface area contributed by atoms with E-state index in [2.05, 4.69) is 0 Å². The Labute approximate surface area is 120 Å². The van der Waals surface area contributed by atoms with E-state index in [0.717, 1.165) is 30.4 Å². The minimum absolute atomic E-state index is 0.851. The molecule has 0 spiro atoms. The van der Waals surface area contributed by atoms with Gasteiger partial charge in [-0.25, -0.2) is 0 Å². The van der Waals surface area contributed by atoms with Crippen molar-refractivity contribution in [2.75, 3.05) is 0 Å². The second-order valence-electron chi connectivity index (χ2n) is 6.98. The first-order chi connectivity index (χ1) is 9.36. The van der Waals surface area contributed by atoms with Gasteiger partial charge in [-0.1, -0.05) is 70.6 Å². The van der Waals surface area contributed by atoms with Crippen LogP contribution >= 0.6 is 0 Å². The molecule has 0 bridgehead atoms. The van der Waals surface area contributed by atoms with Crippen LogP contribution in [0.5, 0.6) is 0 Å². The van der Waals surface area contributed by atoms with Gasteiger partial charge in [0.25, 0.3) is 0 Å². The molecule has 0 aromatic rings. The van der Waals surface area contributed by atoms with Crippen LogP contribution in [0.15, 0.2) is 0 Å². The van der Waals surface area contributed by atoms with Gasteiger partial charge in [0.1, 0.15) is 0 Å². The van der Waals surface area contributed by atoms with E-state index in [4.69, 9.17) is 5.41 Å². The van der Waals surface area contributed by atoms with Crippen molar-refractivity contribution in [3.8, 4) is 0 Å². The summed E-state index contributed by atoms with van der Waals surface area (Å²) in [5, 5.41) is 8.21. The molecule has 2 rings (SSSR count). The third-order valence-electron chi connectivity index (χ3n) is 5.38. The van der Waals surface area contributed by atoms with Gasteiger partial charge in [-0.05, 0) is 37.5 Å². The van der Waals surface area contributed by atoms with Crippen molar-refractivity contribution in [3.63, 3.8) is 0 Å². The summed E-state index contributed by atoms with van der Waals surface area (Å²) in [6.45, 7) is 0. The summed E-state index contributed by atoms with van der Waals surface area (Å²) in [5.41, 5.74) is 1.06. The van der Waals surface area contributed by atoms with Crippen LogP contribution in [0.2, 0.25) is 0 Å². The molecule has 2 aliphatic carbocycles. The maximum Gasteiger partial charge on any atom is 0.00920 e. The molecular formula is C18H33N. The smallest absolute Gasteiger partial charge is 0.00920 e. The molecule has 0 aliphatic heterocycles. The molecule has 1 N–H and O–H groups in total. The summed E-state index contributed by atoms with van der Waals surface area (Å²) in [7, 11) is 0. The van der Waals surface area contributed by atoms with Crippen LogP contribution < -0.4 is 0 Å². The Kier molecular flexibility index (Phi) is 6.95. The van der Waals surface area contributed by atoms with Gasteiger partial charge in [0, 0.05) is 5.71 Å². The Morgan fingerprint density at radius 2 is 1.05 bits per heavy atom. The Balaban J connectivity index is 1.91. The van der Waals surface area contributed by atoms with Crippen LogP contribution in [-0.2, 0) is 0 Å². The first-order valence-electron chi connectivity index (χ1n) is 8.92. The largest absolute Gasteiger partial charge is 0.310 e. The SMILES string of the molecule is N=C1CCCCCCC(C2CCCCCCCC2)C1. The minimum atomic E-state index is 0.851. The van der Waals surface area contributed by atoms with Crippen LogP contribution in [0, 0.1) is 17.2 Å². The van der Waals surface area contributed by atoms with Crippen molar-refractivity contribution in [2.24, 2.45) is 11.8 Å². The Bertz CT molecular complexity index is 248. The predicted molar refractivity (Wildman–Crippen MR) is 84.0 cm³/mol. The first kappa shape index (κ1) is 15.1. The van der Waals surface area contributed by atoms with Crippen molar-refractivity contribution >= 4 is 5.71 Å². The summed E-state index contributed by atoms with van der Waals surface area (Å²) in [4.78, 5) is 0. The molecular weight excluding hydrogens is 230 g/mol. The van der Waals surface area contributed by atoms with E-state index in [0.29, 0.717) is 0 Å². The topological polar surface area (TPSA) is 23.9 Å². The van der Waals surface area contributed by atoms with Crippen LogP contribution in [0.3, 0.4) is 0 Å². The minimum Gasteiger partial charge on any atom is -0.310 e. The van der Waals surface area contributed by atoms with Gasteiger partial charge in [-0.2, -0.15) is 0 Å². The molecule has 2 saturated carbocycles. The summed E-state index contributed by atoms with van der Waals surface area (Å²) < 4.78 is 0. The van der Waals surface area contributed by atoms with Crippen molar-refractivity contribution in [1.29, 1.82) is 5.41 Å². The molecule has 2 aliphatic rings. The van der Waals surface area contributed by atoms with Gasteiger partial charge in [0.2, 0.25) is 0 Å². The molecule has 0 aromatic heterocycles. The molecule has 1 unspecified atom stereocenters. The molecule has 2 fully saturated rings. The molecule has 0 amide bonds. The average molecular weight is 263 g/mol. The molecule has 0 heterocycles. The van der Waals surface area contributed by atoms with Gasteiger partial charge >= 0.3 is 0 Å². The molecule has 1 nitrogen and oxygen atoms in total. The second kappa shape index (κ2) is 8.76. The van der Waals surface area contributed by atoms with Crippen molar-refractivity contribution in [2.45, 2.75) is 96.3 Å². The first-order valence-corrected chi connectivity index (χ1v) is 8.92. The summed E-state index contributed by atoms with van der Waals surface area (Å²) in [5.74, 6) is 1.79. The number of rotatable bonds is 1. The average Bonchev–Trinajstić information content (AvgIpc) is 2.60. The summed E-state index contributed by atoms with van der Waals surface area (Å²) in [6.07, 6.45) is 20.8. The van der Waals surface area contributed by atoms with Crippen LogP contribution in [0.1, 0.15) is 96.3 Å². The fourth-order valence-corrected chi connectivity index (χ4v) is 4.16. The molecule has 0 aromatic carbocycles. The van der Waals surface area contributed by atoms with Gasteiger partial charge in [-0.15, -0.1) is 0 Å². The lowest BCUT2D eigenvalue weighted by Gasteiger charge is -2.27. The number of hydrogen-bond donors (Lipinski definition) is 1. The van der Waals surface area contributed by atoms with Crippen LogP contribution in [0.4, 0.5) is 0 Å². The lowest BCUT2D eigenvalue weighted by molar-refractivity contribution is 0.270. The van der Waals surface area contributed by atoms with Gasteiger partial charge in [0.05, 0.1) is 0 Å². The molecule has 1 heteroatoms. The zero-order valence-electron chi connectivity index (χ0n) is 12.8. The van der Waals surface area contributed by atoms with E-state index >= 15 is 0 Å². The van der Waals surface area contributed by atoms with Crippen molar-refractivity contribution < 1.29 is 0 Å². The van der Waals surface area contributed by atoms with Crippen molar-refractivity contribution in [3.05, 3.63) is 0 Å². The highest BCUT2D eigenvalue weighted by Gasteiger charge is 2.23. The maximum atomic E-state index is 8.21. The quantitative estimate of drug-likeness (QED) is 0.589. The molecule has 1 atom stereocenters. The molecule has 0 saturated heterocycles. The highest BCUT2D eigenvalue weighted by atomic mass is 14.4. The lowest BCUT2D eigenvalue weighted by atomic mass is 9.78. The predicted octanol–water partition coefficient (Wildman–Crippen LogP) is 6.12. The standard InChI is InChI=1S/C18H33N/c19-18-14-10-6-5-9-13-17(15-18)16-11-7-3-1-2-4-8-12-16/h16-17,19H,1-15H2. The monoisotopic (exact) mass is 263 g/mol. The van der Waals surface area contributed by atoms with E-state index < -0.39 is 0 Å². The Hall–Kier alpha value is -0.330. The van der Waals surface area contributed by atoms with E-state index in [1.165, 1.54) is 83.5 Å². The summed E-state index contributed by atoms with van der Waals surface area (Å²) in [6, 6.07) is 0. The van der Waals surface area contributed by atoms with E-state index in [9.17, 15) is 0 Å². The van der Waals surface area contributed by atoms with Crippen LogP contribution in [0.25, 0.3) is 0 Å². The lowest BCUT2D eigenvalue weighted by Crippen LogP contribution is -2.18. The second-order valence-corrected chi connectivity index (χ2v) is 6.98. The Morgan fingerprint density at radius 3 is 1.68 bits per heavy atom. The maximum absolute atomic E-state index is 8.21. The van der Waals surface area contributed by atoms with E-state index in [1.54, 1.807) is 0 Å². The zero-order valence-corrected chi connectivity index (χ0v) is 12.8. The highest BCUT2D eigenvalue weighted by molar-refractivity contribution is 5.81. The number of nitrogens with one attached hydrogen (secondary N) is 1. The molecule has 0 radical (unpaired) electrons. The summed E-state index contributed by atoms with van der Waals surface area (Å²) >= 11 is 0.